The van der Waals surface area contributed by atoms with Crippen LogP contribution in [0.25, 0.3) is 88.4 Å². The summed E-state index contributed by atoms with van der Waals surface area (Å²) in [4.78, 5) is 0. The molecule has 1 aliphatic rings. The minimum atomic E-state index is 0.906. The first-order valence-electron chi connectivity index (χ1n) is 15.7. The van der Waals surface area contributed by atoms with Crippen LogP contribution < -0.4 is 5.32 Å². The van der Waals surface area contributed by atoms with Crippen LogP contribution in [0.1, 0.15) is 5.56 Å². The molecule has 9 aromatic rings. The zero-order chi connectivity index (χ0) is 30.4. The van der Waals surface area contributed by atoms with E-state index < -0.39 is 0 Å². The van der Waals surface area contributed by atoms with Gasteiger partial charge in [0.1, 0.15) is 22.3 Å². The quantitative estimate of drug-likeness (QED) is 0.218. The van der Waals surface area contributed by atoms with Crippen molar-refractivity contribution in [3.63, 3.8) is 0 Å². The maximum absolute atomic E-state index is 6.24. The van der Waals surface area contributed by atoms with Crippen LogP contribution in [0.5, 0.6) is 0 Å². The van der Waals surface area contributed by atoms with Crippen LogP contribution in [0, 0.1) is 6.92 Å². The van der Waals surface area contributed by atoms with E-state index in [0.717, 1.165) is 66.4 Å². The standard InChI is InChI=1S/C43H27NO2/c1-25-16-19-30-33(22-25)35-24-27(29-11-7-15-41-43(29)32-9-3-5-13-39(32)46-41)18-21-37(35)44-36-20-17-26(23-34(30)36)28-10-6-14-40-42(28)31-8-2-4-12-38(31)45-40/h2-24,44H,1H3. The molecule has 0 saturated carbocycles. The highest BCUT2D eigenvalue weighted by molar-refractivity contribution is 6.14. The largest absolute Gasteiger partial charge is 0.456 e. The van der Waals surface area contributed by atoms with Gasteiger partial charge in [-0.25, -0.2) is 0 Å². The molecule has 0 radical (unpaired) electrons. The Morgan fingerprint density at radius 2 is 0.913 bits per heavy atom. The van der Waals surface area contributed by atoms with Gasteiger partial charge in [0.05, 0.1) is 0 Å². The molecule has 0 unspecified atom stereocenters. The van der Waals surface area contributed by atoms with E-state index in [1.807, 2.05) is 24.3 Å². The molecular weight excluding hydrogens is 562 g/mol. The van der Waals surface area contributed by atoms with E-state index in [0.29, 0.717) is 0 Å². The lowest BCUT2D eigenvalue weighted by Gasteiger charge is -2.13. The fourth-order valence-electron chi connectivity index (χ4n) is 7.38. The van der Waals surface area contributed by atoms with Crippen LogP contribution in [-0.4, -0.2) is 0 Å². The van der Waals surface area contributed by atoms with E-state index in [-0.39, 0.29) is 0 Å². The van der Waals surface area contributed by atoms with Crippen molar-refractivity contribution in [3.05, 3.63) is 145 Å². The highest BCUT2D eigenvalue weighted by atomic mass is 16.3. The van der Waals surface area contributed by atoms with E-state index in [2.05, 4.69) is 128 Å². The summed E-state index contributed by atoms with van der Waals surface area (Å²) in [6.45, 7) is 2.17. The van der Waals surface area contributed by atoms with Gasteiger partial charge in [-0.1, -0.05) is 96.6 Å². The van der Waals surface area contributed by atoms with Crippen molar-refractivity contribution >= 4 is 55.3 Å². The van der Waals surface area contributed by atoms with Crippen LogP contribution in [0.3, 0.4) is 0 Å². The molecule has 0 bridgehead atoms. The number of anilines is 2. The fraction of sp³-hybridized carbons (Fsp3) is 0.0233. The van der Waals surface area contributed by atoms with E-state index >= 15 is 0 Å². The van der Waals surface area contributed by atoms with Crippen LogP contribution in [0.15, 0.2) is 148 Å². The normalized spacial score (nSPS) is 12.2. The molecule has 7 aromatic carbocycles. The topological polar surface area (TPSA) is 38.3 Å². The number of hydrogen-bond donors (Lipinski definition) is 1. The number of aryl methyl sites for hydroxylation is 1. The van der Waals surface area contributed by atoms with Gasteiger partial charge in [0.25, 0.3) is 0 Å². The molecule has 0 atom stereocenters. The Labute approximate surface area is 265 Å². The number of para-hydroxylation sites is 2. The summed E-state index contributed by atoms with van der Waals surface area (Å²) in [5, 5.41) is 8.39. The first-order chi connectivity index (χ1) is 22.7. The number of furan rings is 2. The Balaban J connectivity index is 1.18. The maximum Gasteiger partial charge on any atom is 0.136 e. The smallest absolute Gasteiger partial charge is 0.136 e. The molecule has 0 saturated heterocycles. The van der Waals surface area contributed by atoms with Gasteiger partial charge in [0.2, 0.25) is 0 Å². The van der Waals surface area contributed by atoms with Gasteiger partial charge in [-0.2, -0.15) is 0 Å². The minimum absolute atomic E-state index is 0.906. The second-order valence-electron chi connectivity index (χ2n) is 12.2. The summed E-state index contributed by atoms with van der Waals surface area (Å²) >= 11 is 0. The van der Waals surface area contributed by atoms with Crippen molar-refractivity contribution < 1.29 is 8.83 Å². The summed E-state index contributed by atoms with van der Waals surface area (Å²) in [6.07, 6.45) is 0. The predicted octanol–water partition coefficient (Wildman–Crippen LogP) is 12.5. The lowest BCUT2D eigenvalue weighted by Crippen LogP contribution is -1.93. The molecule has 3 heteroatoms. The van der Waals surface area contributed by atoms with Crippen molar-refractivity contribution in [2.45, 2.75) is 6.92 Å². The summed E-state index contributed by atoms with van der Waals surface area (Å²) in [5.41, 5.74) is 16.5. The molecule has 10 rings (SSSR count). The third-order valence-corrected chi connectivity index (χ3v) is 9.49. The van der Waals surface area contributed by atoms with Crippen molar-refractivity contribution in [3.8, 4) is 44.5 Å². The average Bonchev–Trinajstić information content (AvgIpc) is 3.63. The van der Waals surface area contributed by atoms with E-state index in [4.69, 9.17) is 8.83 Å². The second-order valence-corrected chi connectivity index (χ2v) is 12.2. The van der Waals surface area contributed by atoms with Gasteiger partial charge in [-0.15, -0.1) is 0 Å². The minimum Gasteiger partial charge on any atom is -0.456 e. The summed E-state index contributed by atoms with van der Waals surface area (Å²) in [5.74, 6) is 0. The number of nitrogens with one attached hydrogen (secondary N) is 1. The molecule has 46 heavy (non-hydrogen) atoms. The third-order valence-electron chi connectivity index (χ3n) is 9.49. The van der Waals surface area contributed by atoms with Crippen molar-refractivity contribution in [2.75, 3.05) is 5.32 Å². The van der Waals surface area contributed by atoms with Gasteiger partial charge in [-0.05, 0) is 88.8 Å². The lowest BCUT2D eigenvalue weighted by molar-refractivity contribution is 0.668. The Hall–Kier alpha value is -6.06. The third kappa shape index (κ3) is 3.66. The molecule has 0 fully saturated rings. The number of fused-ring (bicyclic) bond motifs is 11. The van der Waals surface area contributed by atoms with Crippen LogP contribution in [0.4, 0.5) is 11.4 Å². The van der Waals surface area contributed by atoms with Gasteiger partial charge in [-0.3, -0.25) is 0 Å². The van der Waals surface area contributed by atoms with E-state index in [1.54, 1.807) is 0 Å². The summed E-state index contributed by atoms with van der Waals surface area (Å²) < 4.78 is 12.5. The van der Waals surface area contributed by atoms with Crippen LogP contribution in [-0.2, 0) is 0 Å². The molecule has 0 aliphatic carbocycles. The molecular formula is C43H27NO2. The molecule has 3 nitrogen and oxygen atoms in total. The highest BCUT2D eigenvalue weighted by Crippen LogP contribution is 2.48. The Morgan fingerprint density at radius 1 is 0.391 bits per heavy atom. The molecule has 1 aliphatic heterocycles. The highest BCUT2D eigenvalue weighted by Gasteiger charge is 2.22. The average molecular weight is 590 g/mol. The zero-order valence-electron chi connectivity index (χ0n) is 25.1. The molecule has 216 valence electrons. The van der Waals surface area contributed by atoms with E-state index in [9.17, 15) is 0 Å². The molecule has 3 heterocycles. The van der Waals surface area contributed by atoms with Crippen molar-refractivity contribution in [1.82, 2.24) is 0 Å². The van der Waals surface area contributed by atoms with Gasteiger partial charge >= 0.3 is 0 Å². The number of hydrogen-bond acceptors (Lipinski definition) is 3. The Morgan fingerprint density at radius 3 is 1.50 bits per heavy atom. The molecule has 2 aromatic heterocycles. The Kier molecular flexibility index (Phi) is 5.20. The monoisotopic (exact) mass is 589 g/mol. The number of rotatable bonds is 2. The van der Waals surface area contributed by atoms with Gasteiger partial charge in [0, 0.05) is 44.0 Å². The van der Waals surface area contributed by atoms with Crippen molar-refractivity contribution in [1.29, 1.82) is 0 Å². The lowest BCUT2D eigenvalue weighted by atomic mass is 9.89. The van der Waals surface area contributed by atoms with Crippen molar-refractivity contribution in [2.24, 2.45) is 0 Å². The Bertz CT molecular complexity index is 2690. The molecule has 1 N–H and O–H groups in total. The van der Waals surface area contributed by atoms with E-state index in [1.165, 1.54) is 38.9 Å². The zero-order valence-corrected chi connectivity index (χ0v) is 25.1. The molecule has 0 spiro atoms. The molecule has 0 amide bonds. The summed E-state index contributed by atoms with van der Waals surface area (Å²) in [7, 11) is 0. The second kappa shape index (κ2) is 9.47. The van der Waals surface area contributed by atoms with Gasteiger partial charge in [0.15, 0.2) is 0 Å². The number of benzene rings is 7. The predicted molar refractivity (Wildman–Crippen MR) is 191 cm³/mol. The summed E-state index contributed by atoms with van der Waals surface area (Å²) in [6, 6.07) is 49.6. The van der Waals surface area contributed by atoms with Crippen LogP contribution in [0.2, 0.25) is 0 Å². The first kappa shape index (κ1) is 25.3. The maximum atomic E-state index is 6.24. The fourth-order valence-corrected chi connectivity index (χ4v) is 7.38. The van der Waals surface area contributed by atoms with Gasteiger partial charge < -0.3 is 14.2 Å². The van der Waals surface area contributed by atoms with Crippen LogP contribution >= 0.6 is 0 Å². The first-order valence-corrected chi connectivity index (χ1v) is 15.7. The SMILES string of the molecule is Cc1ccc2c(c1)-c1cc(-c3cccc4oc5ccccc5c34)ccc1Nc1ccc(-c3cccc4oc5ccccc5c34)cc1-2.